The van der Waals surface area contributed by atoms with Crippen molar-refractivity contribution in [1.29, 1.82) is 5.26 Å². The minimum Gasteiger partial charge on any atom is -0.487 e. The van der Waals surface area contributed by atoms with Gasteiger partial charge in [-0.1, -0.05) is 0 Å². The van der Waals surface area contributed by atoms with Crippen LogP contribution in [0.3, 0.4) is 0 Å². The third-order valence-electron chi connectivity index (χ3n) is 7.26. The topological polar surface area (TPSA) is 81.5 Å². The van der Waals surface area contributed by atoms with Crippen molar-refractivity contribution >= 4 is 34.6 Å². The van der Waals surface area contributed by atoms with Crippen LogP contribution in [0.5, 0.6) is 5.75 Å². The molecule has 1 amide bonds. The molecule has 2 aromatic rings. The van der Waals surface area contributed by atoms with Crippen LogP contribution in [0.1, 0.15) is 50.3 Å². The molecule has 7 nitrogen and oxygen atoms in total. The molecule has 1 aromatic carbocycles. The molecule has 0 atom stereocenters. The predicted molar refractivity (Wildman–Crippen MR) is 131 cm³/mol. The van der Waals surface area contributed by atoms with Crippen LogP contribution >= 0.6 is 12.2 Å². The van der Waals surface area contributed by atoms with E-state index in [4.69, 9.17) is 22.2 Å². The first kappa shape index (κ1) is 24.5. The number of halogens is 3. The number of piperidine rings is 1. The van der Waals surface area contributed by atoms with Crippen molar-refractivity contribution in [2.75, 3.05) is 22.9 Å². The van der Waals surface area contributed by atoms with E-state index in [-0.39, 0.29) is 22.3 Å². The number of nitrogens with zero attached hydrogens (tertiary/aromatic N) is 4. The maximum atomic E-state index is 13.6. The Kier molecular flexibility index (Phi) is 5.92. The first-order chi connectivity index (χ1) is 17.1. The van der Waals surface area contributed by atoms with Gasteiger partial charge in [-0.15, -0.1) is 0 Å². The van der Waals surface area contributed by atoms with Crippen molar-refractivity contribution in [3.8, 4) is 11.8 Å². The number of rotatable bonds is 4. The maximum Gasteiger partial charge on any atom is 0.419 e. The van der Waals surface area contributed by atoms with E-state index in [2.05, 4.69) is 17.2 Å². The number of aromatic nitrogens is 1. The summed E-state index contributed by atoms with van der Waals surface area (Å²) in [6, 6.07) is 9.52. The normalized spacial score (nSPS) is 20.9. The number of thiocarbonyl (C=S) groups is 1. The number of carbonyl (C=O) groups excluding carboxylic acids is 1. The van der Waals surface area contributed by atoms with Crippen molar-refractivity contribution in [3.05, 3.63) is 47.8 Å². The lowest BCUT2D eigenvalue weighted by molar-refractivity contribution is -0.138. The smallest absolute Gasteiger partial charge is 0.419 e. The average Bonchev–Trinajstić information content (AvgIpc) is 3.05. The van der Waals surface area contributed by atoms with Crippen molar-refractivity contribution in [2.24, 2.45) is 0 Å². The molecular weight excluding hydrogens is 491 g/mol. The SMILES string of the molecule is CC1(Oc2ccc(N3C(=S)N(c4cnc(C#N)c(C(F)(F)F)c4)C(=O)C34CCC4)cc2)CCNCC1. The molecule has 0 bridgehead atoms. The Hall–Kier alpha value is -3.23. The Bertz CT molecular complexity index is 1250. The molecule has 2 saturated heterocycles. The lowest BCUT2D eigenvalue weighted by Gasteiger charge is -2.43. The van der Waals surface area contributed by atoms with E-state index in [0.29, 0.717) is 24.3 Å². The molecule has 188 valence electrons. The Morgan fingerprint density at radius 3 is 2.36 bits per heavy atom. The molecule has 1 aliphatic carbocycles. The Morgan fingerprint density at radius 1 is 1.14 bits per heavy atom. The molecular formula is C25H24F3N5O2S. The molecule has 3 heterocycles. The van der Waals surface area contributed by atoms with Crippen LogP contribution in [0.2, 0.25) is 0 Å². The summed E-state index contributed by atoms with van der Waals surface area (Å²) in [6.45, 7) is 3.85. The lowest BCUT2D eigenvalue weighted by Crippen LogP contribution is -2.55. The summed E-state index contributed by atoms with van der Waals surface area (Å²) in [6.07, 6.45) is -0.0845. The predicted octanol–water partition coefficient (Wildman–Crippen LogP) is 4.55. The third kappa shape index (κ3) is 3.98. The largest absolute Gasteiger partial charge is 0.487 e. The van der Waals surface area contributed by atoms with Gasteiger partial charge >= 0.3 is 6.18 Å². The van der Waals surface area contributed by atoms with Crippen molar-refractivity contribution < 1.29 is 22.7 Å². The van der Waals surface area contributed by atoms with Gasteiger partial charge in [0.1, 0.15) is 23.0 Å². The summed E-state index contributed by atoms with van der Waals surface area (Å²) < 4.78 is 46.9. The summed E-state index contributed by atoms with van der Waals surface area (Å²) in [5.74, 6) is 0.311. The maximum absolute atomic E-state index is 13.6. The summed E-state index contributed by atoms with van der Waals surface area (Å²) in [5.41, 5.74) is -2.62. The van der Waals surface area contributed by atoms with Gasteiger partial charge < -0.3 is 15.0 Å². The fourth-order valence-electron chi connectivity index (χ4n) is 5.09. The first-order valence-electron chi connectivity index (χ1n) is 11.7. The van der Waals surface area contributed by atoms with Crippen LogP contribution in [-0.4, -0.2) is 40.2 Å². The molecule has 1 aromatic heterocycles. The van der Waals surface area contributed by atoms with E-state index in [0.717, 1.165) is 49.5 Å². The van der Waals surface area contributed by atoms with Gasteiger partial charge in [0, 0.05) is 5.69 Å². The quantitative estimate of drug-likeness (QED) is 0.598. The number of hydrogen-bond acceptors (Lipinski definition) is 6. The molecule has 0 unspecified atom stereocenters. The second kappa shape index (κ2) is 8.71. The fourth-order valence-corrected chi connectivity index (χ4v) is 5.56. The molecule has 1 saturated carbocycles. The number of carbonyl (C=O) groups is 1. The van der Waals surface area contributed by atoms with Gasteiger partial charge in [-0.3, -0.25) is 9.69 Å². The standard InChI is InChI=1S/C25H24F3N5O2S/c1-23(9-11-30-12-10-23)35-18-5-3-16(4-6-18)33-22(36)32(21(34)24(33)7-2-8-24)17-13-19(25(26,27)28)20(14-29)31-15-17/h3-6,13,15,30H,2,7-12H2,1H3. The summed E-state index contributed by atoms with van der Waals surface area (Å²) in [4.78, 5) is 20.1. The van der Waals surface area contributed by atoms with E-state index in [1.54, 1.807) is 4.90 Å². The molecule has 3 aliphatic rings. The van der Waals surface area contributed by atoms with Crippen molar-refractivity contribution in [1.82, 2.24) is 10.3 Å². The number of alkyl halides is 3. The van der Waals surface area contributed by atoms with Gasteiger partial charge in [0.15, 0.2) is 10.8 Å². The number of ether oxygens (including phenoxy) is 1. The van der Waals surface area contributed by atoms with Crippen molar-refractivity contribution in [3.63, 3.8) is 0 Å². The van der Waals surface area contributed by atoms with Crippen LogP contribution in [0, 0.1) is 11.3 Å². The fraction of sp³-hybridized carbons (Fsp3) is 0.440. The minimum absolute atomic E-state index is 0.0818. The highest BCUT2D eigenvalue weighted by atomic mass is 32.1. The van der Waals surface area contributed by atoms with Crippen molar-refractivity contribution in [2.45, 2.75) is 56.3 Å². The first-order valence-corrected chi connectivity index (χ1v) is 12.1. The zero-order valence-corrected chi connectivity index (χ0v) is 20.4. The van der Waals surface area contributed by atoms with Crippen LogP contribution in [0.4, 0.5) is 24.5 Å². The van der Waals surface area contributed by atoms with Gasteiger partial charge in [0.25, 0.3) is 5.91 Å². The van der Waals surface area contributed by atoms with Crippen LogP contribution in [-0.2, 0) is 11.0 Å². The number of nitriles is 1. The lowest BCUT2D eigenvalue weighted by atomic mass is 9.75. The number of hydrogen-bond donors (Lipinski definition) is 1. The molecule has 1 N–H and O–H groups in total. The van der Waals surface area contributed by atoms with E-state index in [1.807, 2.05) is 24.3 Å². The Labute approximate surface area is 211 Å². The van der Waals surface area contributed by atoms with Crippen LogP contribution in [0.25, 0.3) is 0 Å². The average molecular weight is 516 g/mol. The van der Waals surface area contributed by atoms with Gasteiger partial charge in [-0.05, 0) is 94.7 Å². The minimum atomic E-state index is -4.80. The number of anilines is 2. The summed E-state index contributed by atoms with van der Waals surface area (Å²) >= 11 is 5.65. The Balaban J connectivity index is 1.46. The second-order valence-corrected chi connectivity index (χ2v) is 10.0. The van der Waals surface area contributed by atoms with Gasteiger partial charge in [-0.2, -0.15) is 18.4 Å². The molecule has 3 fully saturated rings. The molecule has 11 heteroatoms. The van der Waals surface area contributed by atoms with Gasteiger partial charge in [0.2, 0.25) is 0 Å². The van der Waals surface area contributed by atoms with Crippen LogP contribution < -0.4 is 19.9 Å². The monoisotopic (exact) mass is 515 g/mol. The van der Waals surface area contributed by atoms with Crippen LogP contribution in [0.15, 0.2) is 36.5 Å². The molecule has 0 radical (unpaired) electrons. The number of amides is 1. The second-order valence-electron chi connectivity index (χ2n) is 9.64. The Morgan fingerprint density at radius 2 is 1.81 bits per heavy atom. The van der Waals surface area contributed by atoms with Gasteiger partial charge in [0.05, 0.1) is 17.4 Å². The summed E-state index contributed by atoms with van der Waals surface area (Å²) in [5, 5.41) is 12.5. The zero-order valence-electron chi connectivity index (χ0n) is 19.6. The number of pyridine rings is 1. The molecule has 1 spiro atoms. The number of nitrogens with one attached hydrogen (secondary N) is 1. The van der Waals surface area contributed by atoms with E-state index in [9.17, 15) is 18.0 Å². The highest BCUT2D eigenvalue weighted by Gasteiger charge is 2.59. The van der Waals surface area contributed by atoms with Gasteiger partial charge in [-0.25, -0.2) is 4.98 Å². The zero-order chi connectivity index (χ0) is 25.7. The molecule has 5 rings (SSSR count). The highest BCUT2D eigenvalue weighted by molar-refractivity contribution is 7.81. The van der Waals surface area contributed by atoms with E-state index >= 15 is 0 Å². The molecule has 2 aliphatic heterocycles. The number of benzene rings is 1. The van der Waals surface area contributed by atoms with E-state index in [1.165, 1.54) is 6.07 Å². The third-order valence-corrected chi connectivity index (χ3v) is 7.62. The molecule has 36 heavy (non-hydrogen) atoms. The van der Waals surface area contributed by atoms with E-state index < -0.39 is 23.0 Å². The highest BCUT2D eigenvalue weighted by Crippen LogP contribution is 2.48. The summed E-state index contributed by atoms with van der Waals surface area (Å²) in [7, 11) is 0.